The molecule has 2 amide bonds. The number of hydrogen-bond acceptors (Lipinski definition) is 7. The molecule has 1 aromatic carbocycles. The summed E-state index contributed by atoms with van der Waals surface area (Å²) in [6.07, 6.45) is 1.12. The van der Waals surface area contributed by atoms with Crippen LogP contribution in [0.4, 0.5) is 10.5 Å². The van der Waals surface area contributed by atoms with E-state index in [-0.39, 0.29) is 17.3 Å². The Labute approximate surface area is 182 Å². The van der Waals surface area contributed by atoms with Gasteiger partial charge in [0.1, 0.15) is 11.4 Å². The van der Waals surface area contributed by atoms with Crippen molar-refractivity contribution in [3.05, 3.63) is 64.5 Å². The maximum atomic E-state index is 13.3. The van der Waals surface area contributed by atoms with Crippen molar-refractivity contribution in [1.82, 2.24) is 19.6 Å². The normalized spacial score (nSPS) is 13.8. The van der Waals surface area contributed by atoms with Crippen molar-refractivity contribution in [2.24, 2.45) is 0 Å². The van der Waals surface area contributed by atoms with Gasteiger partial charge in [0, 0.05) is 44.4 Å². The molecule has 1 saturated heterocycles. The molecular weight excluding hydrogens is 418 g/mol. The number of ether oxygens (including phenoxy) is 1. The number of furan rings is 1. The summed E-state index contributed by atoms with van der Waals surface area (Å²) >= 11 is 0. The molecule has 1 aliphatic heterocycles. The highest BCUT2D eigenvalue weighted by Crippen LogP contribution is 2.24. The summed E-state index contributed by atoms with van der Waals surface area (Å²) in [7, 11) is 0. The number of carbonyl (C=O) groups is 2. The van der Waals surface area contributed by atoms with Crippen molar-refractivity contribution in [3.63, 3.8) is 0 Å². The number of aromatic nitrogens is 2. The van der Waals surface area contributed by atoms with Gasteiger partial charge >= 0.3 is 6.09 Å². The molecule has 0 unspecified atom stereocenters. The summed E-state index contributed by atoms with van der Waals surface area (Å²) < 4.78 is 11.9. The van der Waals surface area contributed by atoms with Gasteiger partial charge in [-0.3, -0.25) is 14.9 Å². The van der Waals surface area contributed by atoms with Crippen molar-refractivity contribution in [3.8, 4) is 17.1 Å². The number of nitro groups is 1. The van der Waals surface area contributed by atoms with E-state index in [4.69, 9.17) is 9.15 Å². The predicted molar refractivity (Wildman–Crippen MR) is 112 cm³/mol. The zero-order valence-corrected chi connectivity index (χ0v) is 17.3. The van der Waals surface area contributed by atoms with Crippen LogP contribution in [0.15, 0.2) is 53.1 Å². The highest BCUT2D eigenvalue weighted by molar-refractivity contribution is 5.94. The van der Waals surface area contributed by atoms with Crippen molar-refractivity contribution in [1.29, 1.82) is 0 Å². The number of nitrogens with zero attached hydrogens (tertiary/aromatic N) is 5. The first kappa shape index (κ1) is 21.1. The number of nitro benzene ring substituents is 1. The number of hydrogen-bond donors (Lipinski definition) is 0. The van der Waals surface area contributed by atoms with E-state index in [0.717, 1.165) is 0 Å². The molecular formula is C21H21N5O6. The van der Waals surface area contributed by atoms with Gasteiger partial charge in [0.2, 0.25) is 0 Å². The lowest BCUT2D eigenvalue weighted by atomic mass is 10.2. The number of non-ortho nitro benzene ring substituents is 1. The smallest absolute Gasteiger partial charge is 0.409 e. The standard InChI is InChI=1S/C21H21N5O6/c1-2-31-21(28)24-11-9-23(10-12-24)20(27)18-14-17(19-4-3-13-32-19)22-25(18)15-5-7-16(8-6-15)26(29)30/h3-8,13-14H,2,9-12H2,1H3. The van der Waals surface area contributed by atoms with E-state index in [1.807, 2.05) is 0 Å². The lowest BCUT2D eigenvalue weighted by Gasteiger charge is -2.34. The molecule has 0 saturated carbocycles. The van der Waals surface area contributed by atoms with Crippen LogP contribution in [0.25, 0.3) is 17.1 Å². The second kappa shape index (κ2) is 8.92. The average Bonchev–Trinajstić information content (AvgIpc) is 3.49. The Morgan fingerprint density at radius 3 is 2.41 bits per heavy atom. The molecule has 0 bridgehead atoms. The van der Waals surface area contributed by atoms with E-state index in [0.29, 0.717) is 49.9 Å². The Kier molecular flexibility index (Phi) is 5.88. The van der Waals surface area contributed by atoms with Crippen LogP contribution in [0.3, 0.4) is 0 Å². The third kappa shape index (κ3) is 4.17. The summed E-state index contributed by atoms with van der Waals surface area (Å²) in [6, 6.07) is 10.9. The molecule has 166 valence electrons. The molecule has 32 heavy (non-hydrogen) atoms. The molecule has 0 spiro atoms. The SMILES string of the molecule is CCOC(=O)N1CCN(C(=O)c2cc(-c3ccco3)nn2-c2ccc([N+](=O)[O-])cc2)CC1. The maximum absolute atomic E-state index is 13.3. The monoisotopic (exact) mass is 439 g/mol. The predicted octanol–water partition coefficient (Wildman–Crippen LogP) is 2.95. The lowest BCUT2D eigenvalue weighted by molar-refractivity contribution is -0.384. The van der Waals surface area contributed by atoms with Crippen LogP contribution in [0.2, 0.25) is 0 Å². The van der Waals surface area contributed by atoms with Gasteiger partial charge in [-0.2, -0.15) is 5.10 Å². The van der Waals surface area contributed by atoms with Gasteiger partial charge in [0.15, 0.2) is 5.76 Å². The Bertz CT molecular complexity index is 1110. The molecule has 0 atom stereocenters. The highest BCUT2D eigenvalue weighted by Gasteiger charge is 2.28. The van der Waals surface area contributed by atoms with E-state index >= 15 is 0 Å². The minimum atomic E-state index is -0.490. The Morgan fingerprint density at radius 2 is 1.81 bits per heavy atom. The van der Waals surface area contributed by atoms with E-state index in [1.165, 1.54) is 35.2 Å². The van der Waals surface area contributed by atoms with Crippen molar-refractivity contribution in [2.75, 3.05) is 32.8 Å². The van der Waals surface area contributed by atoms with Gasteiger partial charge in [-0.1, -0.05) is 0 Å². The van der Waals surface area contributed by atoms with Gasteiger partial charge in [0.25, 0.3) is 11.6 Å². The van der Waals surface area contributed by atoms with Gasteiger partial charge in [0.05, 0.1) is 23.5 Å². The topological polar surface area (TPSA) is 124 Å². The summed E-state index contributed by atoms with van der Waals surface area (Å²) in [5, 5.41) is 15.5. The molecule has 2 aromatic heterocycles. The van der Waals surface area contributed by atoms with Crippen LogP contribution in [0, 0.1) is 10.1 Å². The Morgan fingerprint density at radius 1 is 1.12 bits per heavy atom. The number of rotatable bonds is 5. The largest absolute Gasteiger partial charge is 0.463 e. The number of piperazine rings is 1. The molecule has 0 aliphatic carbocycles. The fourth-order valence-electron chi connectivity index (χ4n) is 3.46. The lowest BCUT2D eigenvalue weighted by Crippen LogP contribution is -2.51. The highest BCUT2D eigenvalue weighted by atomic mass is 16.6. The van der Waals surface area contributed by atoms with Crippen molar-refractivity contribution >= 4 is 17.7 Å². The van der Waals surface area contributed by atoms with E-state index in [2.05, 4.69) is 5.10 Å². The van der Waals surface area contributed by atoms with E-state index in [9.17, 15) is 19.7 Å². The number of carbonyl (C=O) groups excluding carboxylic acids is 2. The first-order valence-corrected chi connectivity index (χ1v) is 10.1. The van der Waals surface area contributed by atoms with Crippen LogP contribution < -0.4 is 0 Å². The molecule has 0 N–H and O–H groups in total. The summed E-state index contributed by atoms with van der Waals surface area (Å²) in [4.78, 5) is 39.0. The van der Waals surface area contributed by atoms with Gasteiger partial charge < -0.3 is 19.0 Å². The Hall–Kier alpha value is -4.15. The molecule has 1 aliphatic rings. The fraction of sp³-hybridized carbons (Fsp3) is 0.286. The van der Waals surface area contributed by atoms with Gasteiger partial charge in [-0.05, 0) is 31.2 Å². The molecule has 3 aromatic rings. The zero-order chi connectivity index (χ0) is 22.7. The zero-order valence-electron chi connectivity index (χ0n) is 17.3. The second-order valence-electron chi connectivity index (χ2n) is 7.06. The molecule has 3 heterocycles. The van der Waals surface area contributed by atoms with Crippen LogP contribution in [0.5, 0.6) is 0 Å². The van der Waals surface area contributed by atoms with Crippen LogP contribution in [-0.4, -0.2) is 69.3 Å². The van der Waals surface area contributed by atoms with E-state index < -0.39 is 11.0 Å². The molecule has 4 rings (SSSR count). The fourth-order valence-corrected chi connectivity index (χ4v) is 3.46. The van der Waals surface area contributed by atoms with E-state index in [1.54, 1.807) is 34.9 Å². The van der Waals surface area contributed by atoms with Crippen molar-refractivity contribution < 1.29 is 23.7 Å². The summed E-state index contributed by atoms with van der Waals surface area (Å²) in [5.41, 5.74) is 1.19. The summed E-state index contributed by atoms with van der Waals surface area (Å²) in [6.45, 7) is 3.45. The minimum absolute atomic E-state index is 0.0601. The van der Waals surface area contributed by atoms with Crippen molar-refractivity contribution in [2.45, 2.75) is 6.92 Å². The molecule has 11 heteroatoms. The third-order valence-electron chi connectivity index (χ3n) is 5.10. The van der Waals surface area contributed by atoms with Crippen LogP contribution in [0.1, 0.15) is 17.4 Å². The molecule has 0 radical (unpaired) electrons. The van der Waals surface area contributed by atoms with Crippen LogP contribution >= 0.6 is 0 Å². The molecule has 1 fully saturated rings. The Balaban J connectivity index is 1.62. The first-order valence-electron chi connectivity index (χ1n) is 10.1. The number of benzene rings is 1. The summed E-state index contributed by atoms with van der Waals surface area (Å²) in [5.74, 6) is 0.226. The van der Waals surface area contributed by atoms with Crippen LogP contribution in [-0.2, 0) is 4.74 Å². The third-order valence-corrected chi connectivity index (χ3v) is 5.10. The number of amides is 2. The van der Waals surface area contributed by atoms with Gasteiger partial charge in [-0.15, -0.1) is 0 Å². The minimum Gasteiger partial charge on any atom is -0.463 e. The average molecular weight is 439 g/mol. The first-order chi connectivity index (χ1) is 15.5. The second-order valence-corrected chi connectivity index (χ2v) is 7.06. The maximum Gasteiger partial charge on any atom is 0.409 e. The van der Waals surface area contributed by atoms with Gasteiger partial charge in [-0.25, -0.2) is 9.48 Å². The quantitative estimate of drug-likeness (QED) is 0.442. The molecule has 11 nitrogen and oxygen atoms in total.